The van der Waals surface area contributed by atoms with Crippen LogP contribution in [0.5, 0.6) is 0 Å². The number of amides is 1. The van der Waals surface area contributed by atoms with Crippen LogP contribution in [0.25, 0.3) is 10.2 Å². The predicted molar refractivity (Wildman–Crippen MR) is 99.2 cm³/mol. The van der Waals surface area contributed by atoms with Gasteiger partial charge in [0.25, 0.3) is 11.5 Å². The molecule has 1 amide bonds. The number of rotatable bonds is 5. The van der Waals surface area contributed by atoms with E-state index in [9.17, 15) is 9.59 Å². The number of aromatic nitrogens is 4. The summed E-state index contributed by atoms with van der Waals surface area (Å²) in [5.74, 6) is -0.0888. The number of thiophene rings is 1. The average molecular weight is 380 g/mol. The maximum Gasteiger partial charge on any atom is 0.290 e. The molecule has 3 heterocycles. The molecule has 0 spiro atoms. The van der Waals surface area contributed by atoms with Crippen LogP contribution in [0.1, 0.15) is 41.5 Å². The largest absolute Gasteiger partial charge is 0.290 e. The van der Waals surface area contributed by atoms with Gasteiger partial charge in [0.2, 0.25) is 0 Å². The van der Waals surface area contributed by atoms with Gasteiger partial charge in [-0.15, -0.1) is 11.3 Å². The maximum atomic E-state index is 12.8. The number of fused-ring (bicyclic) bond motifs is 1. The minimum Gasteiger partial charge on any atom is -0.267 e. The van der Waals surface area contributed by atoms with E-state index in [1.165, 1.54) is 22.2 Å². The van der Waals surface area contributed by atoms with E-state index in [0.717, 1.165) is 22.4 Å². The van der Waals surface area contributed by atoms with Crippen molar-refractivity contribution in [2.75, 3.05) is 5.43 Å². The number of hydrogen-bond acceptors (Lipinski definition) is 5. The molecule has 0 aliphatic rings. The van der Waals surface area contributed by atoms with Gasteiger partial charge in [-0.2, -0.15) is 5.10 Å². The molecule has 1 N–H and O–H groups in total. The summed E-state index contributed by atoms with van der Waals surface area (Å²) in [5, 5.41) is 4.78. The molecular formula is C16H18ClN5O2S. The average Bonchev–Trinajstić information content (AvgIpc) is 3.14. The summed E-state index contributed by atoms with van der Waals surface area (Å²) in [6, 6.07) is 1.85. The van der Waals surface area contributed by atoms with Crippen molar-refractivity contribution in [2.45, 2.75) is 40.2 Å². The van der Waals surface area contributed by atoms with Gasteiger partial charge >= 0.3 is 0 Å². The Bertz CT molecular complexity index is 1000. The van der Waals surface area contributed by atoms with Gasteiger partial charge in [0.15, 0.2) is 0 Å². The zero-order valence-electron chi connectivity index (χ0n) is 14.2. The molecule has 3 rings (SSSR count). The topological polar surface area (TPSA) is 81.8 Å². The number of nitrogens with one attached hydrogen (secondary N) is 1. The van der Waals surface area contributed by atoms with E-state index in [-0.39, 0.29) is 16.3 Å². The molecule has 0 saturated heterocycles. The van der Waals surface area contributed by atoms with Crippen LogP contribution >= 0.6 is 22.9 Å². The number of carbonyl (C=O) groups excluding carboxylic acids is 1. The minimum absolute atomic E-state index is 0.215. The van der Waals surface area contributed by atoms with Crippen molar-refractivity contribution < 1.29 is 4.79 Å². The molecule has 3 aromatic rings. The zero-order valence-corrected chi connectivity index (χ0v) is 15.7. The molecule has 9 heteroatoms. The standard InChI is InChI=1S/C16H18ClN5O2S/c1-4-6-10-7-11-15(25-10)19-9(3)22(16(11)24)20-14(23)13-12(17)8-18-21(13)5-2/h7-8H,4-6H2,1-3H3,(H,20,23). The van der Waals surface area contributed by atoms with Crippen molar-refractivity contribution in [1.29, 1.82) is 0 Å². The maximum absolute atomic E-state index is 12.8. The SMILES string of the molecule is CCCc1cc2c(=O)n(NC(=O)c3c(Cl)cnn3CC)c(C)nc2s1. The second-order valence-electron chi connectivity index (χ2n) is 5.58. The Morgan fingerprint density at radius 1 is 1.40 bits per heavy atom. The van der Waals surface area contributed by atoms with Crippen LogP contribution in [0, 0.1) is 6.92 Å². The first-order valence-corrected chi connectivity index (χ1v) is 9.20. The summed E-state index contributed by atoms with van der Waals surface area (Å²) in [7, 11) is 0. The van der Waals surface area contributed by atoms with E-state index < -0.39 is 5.91 Å². The zero-order chi connectivity index (χ0) is 18.1. The molecule has 0 saturated carbocycles. The number of halogens is 1. The molecule has 25 heavy (non-hydrogen) atoms. The monoisotopic (exact) mass is 379 g/mol. The van der Waals surface area contributed by atoms with Gasteiger partial charge in [-0.1, -0.05) is 24.9 Å². The van der Waals surface area contributed by atoms with Crippen molar-refractivity contribution in [1.82, 2.24) is 19.4 Å². The van der Waals surface area contributed by atoms with Gasteiger partial charge in [-0.05, 0) is 26.3 Å². The molecule has 132 valence electrons. The van der Waals surface area contributed by atoms with Gasteiger partial charge < -0.3 is 0 Å². The molecule has 0 aliphatic heterocycles. The van der Waals surface area contributed by atoms with Crippen LogP contribution < -0.4 is 11.0 Å². The highest BCUT2D eigenvalue weighted by molar-refractivity contribution is 7.18. The summed E-state index contributed by atoms with van der Waals surface area (Å²) in [6.45, 7) is 6.11. The fourth-order valence-corrected chi connectivity index (χ4v) is 4.01. The highest BCUT2D eigenvalue weighted by Gasteiger charge is 2.19. The molecule has 0 aromatic carbocycles. The van der Waals surface area contributed by atoms with Crippen LogP contribution in [0.3, 0.4) is 0 Å². The Hall–Kier alpha value is -2.19. The van der Waals surface area contributed by atoms with Crippen molar-refractivity contribution in [2.24, 2.45) is 0 Å². The van der Waals surface area contributed by atoms with Crippen LogP contribution in [0.4, 0.5) is 0 Å². The molecule has 0 bridgehead atoms. The summed E-state index contributed by atoms with van der Waals surface area (Å²) >= 11 is 7.56. The van der Waals surface area contributed by atoms with Gasteiger partial charge in [-0.25, -0.2) is 9.66 Å². The van der Waals surface area contributed by atoms with Crippen LogP contribution in [-0.2, 0) is 13.0 Å². The quantitative estimate of drug-likeness (QED) is 0.738. The second-order valence-corrected chi connectivity index (χ2v) is 7.10. The lowest BCUT2D eigenvalue weighted by molar-refractivity contribution is 0.0996. The van der Waals surface area contributed by atoms with E-state index in [4.69, 9.17) is 11.6 Å². The lowest BCUT2D eigenvalue weighted by Gasteiger charge is -2.11. The first-order valence-electron chi connectivity index (χ1n) is 8.01. The normalized spacial score (nSPS) is 11.2. The van der Waals surface area contributed by atoms with Crippen LogP contribution in [0.2, 0.25) is 5.02 Å². The molecule has 0 radical (unpaired) electrons. The summed E-state index contributed by atoms with van der Waals surface area (Å²) in [4.78, 5) is 31.6. The Morgan fingerprint density at radius 2 is 2.16 bits per heavy atom. The Balaban J connectivity index is 2.02. The van der Waals surface area contributed by atoms with Gasteiger partial charge in [-0.3, -0.25) is 19.7 Å². The van der Waals surface area contributed by atoms with Crippen LogP contribution in [-0.4, -0.2) is 25.3 Å². The van der Waals surface area contributed by atoms with E-state index in [1.54, 1.807) is 6.92 Å². The van der Waals surface area contributed by atoms with E-state index in [2.05, 4.69) is 22.4 Å². The predicted octanol–water partition coefficient (Wildman–Crippen LogP) is 2.97. The highest BCUT2D eigenvalue weighted by Crippen LogP contribution is 2.22. The fraction of sp³-hybridized carbons (Fsp3) is 0.375. The Labute approximate surface area is 153 Å². The second kappa shape index (κ2) is 6.97. The van der Waals surface area contributed by atoms with Gasteiger partial charge in [0.05, 0.1) is 16.6 Å². The third-order valence-electron chi connectivity index (χ3n) is 3.80. The van der Waals surface area contributed by atoms with Gasteiger partial charge in [0, 0.05) is 11.4 Å². The Kier molecular flexibility index (Phi) is 4.91. The number of hydrogen-bond donors (Lipinski definition) is 1. The van der Waals surface area contributed by atoms with Crippen LogP contribution in [0.15, 0.2) is 17.1 Å². The van der Waals surface area contributed by atoms with Crippen molar-refractivity contribution in [3.8, 4) is 0 Å². The lowest BCUT2D eigenvalue weighted by atomic mass is 10.2. The summed E-state index contributed by atoms with van der Waals surface area (Å²) < 4.78 is 2.64. The smallest absolute Gasteiger partial charge is 0.267 e. The molecule has 3 aromatic heterocycles. The molecule has 7 nitrogen and oxygen atoms in total. The van der Waals surface area contributed by atoms with Gasteiger partial charge in [0.1, 0.15) is 16.3 Å². The van der Waals surface area contributed by atoms with Crippen molar-refractivity contribution in [3.05, 3.63) is 44.0 Å². The first kappa shape index (κ1) is 17.6. The van der Waals surface area contributed by atoms with E-state index >= 15 is 0 Å². The molecule has 0 fully saturated rings. The number of carbonyl (C=O) groups is 1. The van der Waals surface area contributed by atoms with E-state index in [0.29, 0.717) is 22.6 Å². The third-order valence-corrected chi connectivity index (χ3v) is 5.17. The van der Waals surface area contributed by atoms with Crippen molar-refractivity contribution in [3.63, 3.8) is 0 Å². The third kappa shape index (κ3) is 3.19. The number of aryl methyl sites for hydroxylation is 3. The lowest BCUT2D eigenvalue weighted by Crippen LogP contribution is -2.36. The minimum atomic E-state index is -0.500. The number of nitrogens with zero attached hydrogens (tertiary/aromatic N) is 4. The first-order chi connectivity index (χ1) is 12.0. The molecule has 0 unspecified atom stereocenters. The Morgan fingerprint density at radius 3 is 2.84 bits per heavy atom. The van der Waals surface area contributed by atoms with E-state index in [1.807, 2.05) is 13.0 Å². The molecule has 0 aliphatic carbocycles. The summed E-state index contributed by atoms with van der Waals surface area (Å²) in [6.07, 6.45) is 3.31. The molecule has 0 atom stereocenters. The molecular weight excluding hydrogens is 362 g/mol. The van der Waals surface area contributed by atoms with Crippen molar-refractivity contribution >= 4 is 39.1 Å². The highest BCUT2D eigenvalue weighted by atomic mass is 35.5. The fourth-order valence-electron chi connectivity index (χ4n) is 2.62. The summed E-state index contributed by atoms with van der Waals surface area (Å²) in [5.41, 5.74) is 2.51.